The van der Waals surface area contributed by atoms with Gasteiger partial charge in [0.25, 0.3) is 8.32 Å². The molecule has 0 saturated carbocycles. The van der Waals surface area contributed by atoms with Crippen LogP contribution in [0.5, 0.6) is 0 Å². The van der Waals surface area contributed by atoms with E-state index in [0.29, 0.717) is 19.6 Å². The fourth-order valence-corrected chi connectivity index (χ4v) is 9.83. The van der Waals surface area contributed by atoms with Crippen molar-refractivity contribution in [2.24, 2.45) is 5.92 Å². The molecule has 1 fully saturated rings. The van der Waals surface area contributed by atoms with Crippen LogP contribution in [0.15, 0.2) is 85.0 Å². The topological polar surface area (TPSA) is 54.0 Å². The predicted molar refractivity (Wildman–Crippen MR) is 156 cm³/mol. The van der Waals surface area contributed by atoms with Crippen molar-refractivity contribution < 1.29 is 23.4 Å². The number of rotatable bonds is 10. The SMILES string of the molecule is CCOC(=O)/C=C\C=C\[C@@H](C)[C@@H]1C[C@@H](CO[Si](c2ccccc2)(c2ccccc2)C(C)(C)C)OC(C)(C)O1. The lowest BCUT2D eigenvalue weighted by Crippen LogP contribution is -2.67. The fraction of sp³-hybridized carbons (Fsp3) is 0.469. The van der Waals surface area contributed by atoms with Crippen LogP contribution >= 0.6 is 0 Å². The second kappa shape index (κ2) is 13.0. The van der Waals surface area contributed by atoms with Crippen LogP contribution in [0.4, 0.5) is 0 Å². The molecule has 0 N–H and O–H groups in total. The minimum atomic E-state index is -2.66. The number of hydrogen-bond donors (Lipinski definition) is 0. The summed E-state index contributed by atoms with van der Waals surface area (Å²) in [4.78, 5) is 11.6. The smallest absolute Gasteiger partial charge is 0.330 e. The molecule has 0 aromatic heterocycles. The van der Waals surface area contributed by atoms with E-state index in [-0.39, 0.29) is 29.1 Å². The molecule has 1 saturated heterocycles. The third kappa shape index (κ3) is 7.53. The molecule has 0 aliphatic carbocycles. The highest BCUT2D eigenvalue weighted by Crippen LogP contribution is 2.38. The Morgan fingerprint density at radius 2 is 1.61 bits per heavy atom. The maximum Gasteiger partial charge on any atom is 0.330 e. The molecule has 1 heterocycles. The number of allylic oxidation sites excluding steroid dienone is 2. The standard InChI is InChI=1S/C32H44O5Si/c1-8-34-30(33)22-16-15-17-25(2)29-23-26(36-32(6,7)37-29)24-35-38(31(3,4)5,27-18-11-9-12-19-27)28-20-13-10-14-21-28/h9-22,25-26,29H,8,23-24H2,1-7H3/b17-15+,22-16-/t25-,26+,29+/m1/s1. The number of carbonyl (C=O) groups excluding carboxylic acids is 1. The zero-order valence-corrected chi connectivity index (χ0v) is 25.0. The van der Waals surface area contributed by atoms with E-state index in [2.05, 4.69) is 94.4 Å². The van der Waals surface area contributed by atoms with Crippen LogP contribution < -0.4 is 10.4 Å². The molecular formula is C32H44O5Si. The lowest BCUT2D eigenvalue weighted by atomic mass is 9.96. The molecule has 0 radical (unpaired) electrons. The molecule has 0 unspecified atom stereocenters. The van der Waals surface area contributed by atoms with E-state index in [1.54, 1.807) is 13.0 Å². The monoisotopic (exact) mass is 536 g/mol. The van der Waals surface area contributed by atoms with Crippen LogP contribution in [-0.4, -0.2) is 45.5 Å². The molecule has 1 aliphatic heterocycles. The molecule has 38 heavy (non-hydrogen) atoms. The van der Waals surface area contributed by atoms with Gasteiger partial charge in [-0.3, -0.25) is 0 Å². The second-order valence-corrected chi connectivity index (χ2v) is 15.7. The van der Waals surface area contributed by atoms with Crippen molar-refractivity contribution >= 4 is 24.7 Å². The Balaban J connectivity index is 1.82. The average molecular weight is 537 g/mol. The fourth-order valence-electron chi connectivity index (χ4n) is 5.24. The molecule has 1 aliphatic rings. The normalized spacial score (nSPS) is 21.0. The highest BCUT2D eigenvalue weighted by Gasteiger charge is 2.51. The van der Waals surface area contributed by atoms with Gasteiger partial charge in [-0.1, -0.05) is 107 Å². The van der Waals surface area contributed by atoms with Crippen LogP contribution in [0.3, 0.4) is 0 Å². The van der Waals surface area contributed by atoms with Crippen molar-refractivity contribution in [3.63, 3.8) is 0 Å². The minimum Gasteiger partial charge on any atom is -0.463 e. The van der Waals surface area contributed by atoms with E-state index < -0.39 is 14.1 Å². The van der Waals surface area contributed by atoms with Crippen molar-refractivity contribution in [2.75, 3.05) is 13.2 Å². The lowest BCUT2D eigenvalue weighted by molar-refractivity contribution is -0.308. The highest BCUT2D eigenvalue weighted by atomic mass is 28.4. The van der Waals surface area contributed by atoms with E-state index in [9.17, 15) is 4.79 Å². The van der Waals surface area contributed by atoms with Gasteiger partial charge in [0, 0.05) is 18.4 Å². The first-order chi connectivity index (χ1) is 18.0. The van der Waals surface area contributed by atoms with Crippen molar-refractivity contribution in [3.05, 3.63) is 85.0 Å². The Hall–Kier alpha value is -2.51. The third-order valence-electron chi connectivity index (χ3n) is 6.91. The summed E-state index contributed by atoms with van der Waals surface area (Å²) in [6.45, 7) is 15.6. The van der Waals surface area contributed by atoms with Crippen LogP contribution in [0, 0.1) is 5.92 Å². The first-order valence-corrected chi connectivity index (χ1v) is 15.5. The summed E-state index contributed by atoms with van der Waals surface area (Å²) in [7, 11) is -2.66. The van der Waals surface area contributed by atoms with Crippen LogP contribution in [0.25, 0.3) is 0 Å². The van der Waals surface area contributed by atoms with Crippen molar-refractivity contribution in [3.8, 4) is 0 Å². The number of ether oxygens (including phenoxy) is 3. The summed E-state index contributed by atoms with van der Waals surface area (Å²) in [5.74, 6) is -0.945. The van der Waals surface area contributed by atoms with Crippen molar-refractivity contribution in [1.82, 2.24) is 0 Å². The van der Waals surface area contributed by atoms with Gasteiger partial charge < -0.3 is 18.6 Å². The van der Waals surface area contributed by atoms with Gasteiger partial charge in [-0.15, -0.1) is 0 Å². The van der Waals surface area contributed by atoms with Gasteiger partial charge in [-0.25, -0.2) is 4.79 Å². The first kappa shape index (κ1) is 30.0. The number of carbonyl (C=O) groups is 1. The van der Waals surface area contributed by atoms with E-state index >= 15 is 0 Å². The van der Waals surface area contributed by atoms with E-state index in [1.165, 1.54) is 16.4 Å². The van der Waals surface area contributed by atoms with Crippen LogP contribution in [0.2, 0.25) is 5.04 Å². The number of esters is 1. The molecule has 5 nitrogen and oxygen atoms in total. The summed E-state index contributed by atoms with van der Waals surface area (Å²) in [6, 6.07) is 21.3. The summed E-state index contributed by atoms with van der Waals surface area (Å²) < 4.78 is 24.8. The van der Waals surface area contributed by atoms with Crippen molar-refractivity contribution in [1.29, 1.82) is 0 Å². The summed E-state index contributed by atoms with van der Waals surface area (Å²) in [5, 5.41) is 2.41. The Kier molecular flexibility index (Phi) is 10.3. The van der Waals surface area contributed by atoms with Gasteiger partial charge in [0.2, 0.25) is 0 Å². The average Bonchev–Trinajstić information content (AvgIpc) is 2.86. The lowest BCUT2D eigenvalue weighted by Gasteiger charge is -2.46. The largest absolute Gasteiger partial charge is 0.463 e. The van der Waals surface area contributed by atoms with Gasteiger partial charge in [-0.05, 0) is 36.2 Å². The van der Waals surface area contributed by atoms with E-state index in [1.807, 2.05) is 19.9 Å². The number of hydrogen-bond acceptors (Lipinski definition) is 5. The highest BCUT2D eigenvalue weighted by molar-refractivity contribution is 6.99. The zero-order valence-electron chi connectivity index (χ0n) is 24.0. The maximum absolute atomic E-state index is 11.6. The molecule has 3 rings (SSSR count). The predicted octanol–water partition coefficient (Wildman–Crippen LogP) is 5.78. The third-order valence-corrected chi connectivity index (χ3v) is 11.9. The summed E-state index contributed by atoms with van der Waals surface area (Å²) >= 11 is 0. The van der Waals surface area contributed by atoms with Crippen molar-refractivity contribution in [2.45, 2.75) is 77.9 Å². The summed E-state index contributed by atoms with van der Waals surface area (Å²) in [6.07, 6.45) is 7.64. The zero-order chi connectivity index (χ0) is 27.8. The molecule has 2 aromatic carbocycles. The molecule has 0 spiro atoms. The van der Waals surface area contributed by atoms with Gasteiger partial charge in [0.05, 0.1) is 25.4 Å². The molecule has 0 amide bonds. The van der Waals surface area contributed by atoms with Gasteiger partial charge in [0.1, 0.15) is 0 Å². The van der Waals surface area contributed by atoms with Crippen LogP contribution in [0.1, 0.15) is 54.9 Å². The van der Waals surface area contributed by atoms with Gasteiger partial charge in [0.15, 0.2) is 5.79 Å². The minimum absolute atomic E-state index is 0.0428. The van der Waals surface area contributed by atoms with Gasteiger partial charge >= 0.3 is 5.97 Å². The molecule has 206 valence electrons. The summed E-state index contributed by atoms with van der Waals surface area (Å²) in [5.41, 5.74) is 0. The Morgan fingerprint density at radius 3 is 2.13 bits per heavy atom. The Bertz CT molecular complexity index is 1030. The molecule has 0 bridgehead atoms. The number of benzene rings is 2. The van der Waals surface area contributed by atoms with Gasteiger partial charge in [-0.2, -0.15) is 0 Å². The molecule has 6 heteroatoms. The molecular weight excluding hydrogens is 492 g/mol. The maximum atomic E-state index is 11.6. The first-order valence-electron chi connectivity index (χ1n) is 13.6. The Labute approximate surface area is 230 Å². The quantitative estimate of drug-likeness (QED) is 0.167. The van der Waals surface area contributed by atoms with E-state index in [4.69, 9.17) is 18.6 Å². The molecule has 3 atom stereocenters. The van der Waals surface area contributed by atoms with Crippen LogP contribution in [-0.2, 0) is 23.4 Å². The Morgan fingerprint density at radius 1 is 1.03 bits per heavy atom. The molecule has 2 aromatic rings. The second-order valence-electron chi connectivity index (χ2n) is 11.4. The van der Waals surface area contributed by atoms with E-state index in [0.717, 1.165) is 0 Å².